The molecule has 0 aliphatic carbocycles. The van der Waals surface area contributed by atoms with E-state index >= 15 is 0 Å². The number of anilines is 1. The second-order valence-corrected chi connectivity index (χ2v) is 6.82. The molecule has 0 radical (unpaired) electrons. The zero-order valence-corrected chi connectivity index (χ0v) is 12.4. The average Bonchev–Trinajstić information content (AvgIpc) is 2.81. The van der Waals surface area contributed by atoms with Gasteiger partial charge in [-0.2, -0.15) is 0 Å². The molecule has 3 rings (SSSR count). The van der Waals surface area contributed by atoms with Crippen molar-refractivity contribution in [3.8, 4) is 5.75 Å². The van der Waals surface area contributed by atoms with Crippen LogP contribution in [0.15, 0.2) is 36.4 Å². The first-order valence-corrected chi connectivity index (χ1v) is 8.40. The van der Waals surface area contributed by atoms with Crippen LogP contribution in [-0.4, -0.2) is 24.3 Å². The van der Waals surface area contributed by atoms with Gasteiger partial charge in [-0.05, 0) is 24.6 Å². The average molecular weight is 304 g/mol. The molecular weight excluding hydrogens is 288 g/mol. The summed E-state index contributed by atoms with van der Waals surface area (Å²) in [5.41, 5.74) is 1.70. The van der Waals surface area contributed by atoms with Crippen molar-refractivity contribution in [3.63, 3.8) is 0 Å². The standard InChI is InChI=1S/C15H16N2O3S/c1-2-9-21(19,20)17-15-13(18)8-7-11-10-5-3-4-6-12(10)16-14(11)15/h3-8,16-18H,2,9H2,1H3. The molecule has 0 aliphatic rings. The van der Waals surface area contributed by atoms with Gasteiger partial charge in [-0.15, -0.1) is 0 Å². The number of aromatic nitrogens is 1. The summed E-state index contributed by atoms with van der Waals surface area (Å²) in [6.45, 7) is 1.79. The SMILES string of the molecule is CCCS(=O)(=O)Nc1c(O)ccc2c1[nH]c1ccccc12. The van der Waals surface area contributed by atoms with Crippen molar-refractivity contribution >= 4 is 37.5 Å². The summed E-state index contributed by atoms with van der Waals surface area (Å²) in [4.78, 5) is 3.17. The fraction of sp³-hybridized carbons (Fsp3) is 0.200. The lowest BCUT2D eigenvalue weighted by atomic mass is 10.1. The predicted octanol–water partition coefficient (Wildman–Crippen LogP) is 3.18. The lowest BCUT2D eigenvalue weighted by Crippen LogP contribution is -2.16. The first-order valence-electron chi connectivity index (χ1n) is 6.74. The van der Waals surface area contributed by atoms with E-state index in [0.29, 0.717) is 11.9 Å². The van der Waals surface area contributed by atoms with E-state index in [1.807, 2.05) is 24.3 Å². The van der Waals surface area contributed by atoms with Gasteiger partial charge in [-0.3, -0.25) is 4.72 Å². The molecule has 0 aliphatic heterocycles. The highest BCUT2D eigenvalue weighted by Gasteiger charge is 2.17. The molecule has 21 heavy (non-hydrogen) atoms. The van der Waals surface area contributed by atoms with Gasteiger partial charge in [0.2, 0.25) is 10.0 Å². The van der Waals surface area contributed by atoms with Crippen molar-refractivity contribution in [2.75, 3.05) is 10.5 Å². The Balaban J connectivity index is 2.24. The number of hydrogen-bond acceptors (Lipinski definition) is 3. The van der Waals surface area contributed by atoms with Crippen LogP contribution in [0.1, 0.15) is 13.3 Å². The summed E-state index contributed by atoms with van der Waals surface area (Å²) in [5.74, 6) is -0.0722. The number of aromatic amines is 1. The number of nitrogens with one attached hydrogen (secondary N) is 2. The minimum atomic E-state index is -3.47. The van der Waals surface area contributed by atoms with Gasteiger partial charge in [0.1, 0.15) is 11.4 Å². The number of hydrogen-bond donors (Lipinski definition) is 3. The quantitative estimate of drug-likeness (QED) is 0.647. The number of aromatic hydroxyl groups is 1. The third kappa shape index (κ3) is 2.42. The summed E-state index contributed by atoms with van der Waals surface area (Å²) in [6, 6.07) is 11.0. The summed E-state index contributed by atoms with van der Waals surface area (Å²) in [6.07, 6.45) is 0.513. The van der Waals surface area contributed by atoms with Gasteiger partial charge >= 0.3 is 0 Å². The van der Waals surface area contributed by atoms with Gasteiger partial charge in [0.15, 0.2) is 0 Å². The second kappa shape index (κ2) is 4.96. The molecular formula is C15H16N2O3S. The summed E-state index contributed by atoms with van der Waals surface area (Å²) in [5, 5.41) is 11.9. The van der Waals surface area contributed by atoms with E-state index < -0.39 is 10.0 Å². The van der Waals surface area contributed by atoms with Gasteiger partial charge in [0.05, 0.1) is 11.3 Å². The Morgan fingerprint density at radius 1 is 1.14 bits per heavy atom. The molecule has 3 N–H and O–H groups in total. The number of sulfonamides is 1. The number of fused-ring (bicyclic) bond motifs is 3. The largest absolute Gasteiger partial charge is 0.506 e. The van der Waals surface area contributed by atoms with Crippen LogP contribution in [0.25, 0.3) is 21.8 Å². The second-order valence-electron chi connectivity index (χ2n) is 4.97. The number of para-hydroxylation sites is 1. The van der Waals surface area contributed by atoms with Gasteiger partial charge < -0.3 is 10.1 Å². The first-order chi connectivity index (χ1) is 10.0. The van der Waals surface area contributed by atoms with E-state index in [2.05, 4.69) is 9.71 Å². The zero-order chi connectivity index (χ0) is 15.0. The minimum absolute atomic E-state index is 0.0169. The van der Waals surface area contributed by atoms with Crippen LogP contribution in [-0.2, 0) is 10.0 Å². The molecule has 1 heterocycles. The molecule has 0 spiro atoms. The van der Waals surface area contributed by atoms with Crippen LogP contribution in [0.2, 0.25) is 0 Å². The molecule has 110 valence electrons. The Morgan fingerprint density at radius 3 is 2.67 bits per heavy atom. The molecule has 0 saturated carbocycles. The lowest BCUT2D eigenvalue weighted by molar-refractivity contribution is 0.478. The highest BCUT2D eigenvalue weighted by atomic mass is 32.2. The number of benzene rings is 2. The first kappa shape index (κ1) is 13.8. The van der Waals surface area contributed by atoms with Gasteiger partial charge in [-0.1, -0.05) is 25.1 Å². The molecule has 0 amide bonds. The topological polar surface area (TPSA) is 82.2 Å². The number of phenolic OH excluding ortho intramolecular Hbond substituents is 1. The Kier molecular flexibility index (Phi) is 3.25. The van der Waals surface area contributed by atoms with E-state index in [0.717, 1.165) is 16.3 Å². The van der Waals surface area contributed by atoms with Crippen LogP contribution in [0.5, 0.6) is 5.75 Å². The fourth-order valence-electron chi connectivity index (χ4n) is 2.49. The molecule has 0 saturated heterocycles. The van der Waals surface area contributed by atoms with E-state index in [1.165, 1.54) is 6.07 Å². The highest BCUT2D eigenvalue weighted by Crippen LogP contribution is 2.36. The van der Waals surface area contributed by atoms with Crippen molar-refractivity contribution in [1.82, 2.24) is 4.98 Å². The van der Waals surface area contributed by atoms with Crippen LogP contribution in [0.3, 0.4) is 0 Å². The van der Waals surface area contributed by atoms with Crippen LogP contribution >= 0.6 is 0 Å². The van der Waals surface area contributed by atoms with Gasteiger partial charge in [0, 0.05) is 16.3 Å². The Bertz CT molecular complexity index is 913. The van der Waals surface area contributed by atoms with Gasteiger partial charge in [0.25, 0.3) is 0 Å². The molecule has 2 aromatic carbocycles. The highest BCUT2D eigenvalue weighted by molar-refractivity contribution is 7.92. The number of phenols is 1. The lowest BCUT2D eigenvalue weighted by Gasteiger charge is -2.10. The minimum Gasteiger partial charge on any atom is -0.506 e. The molecule has 0 fully saturated rings. The van der Waals surface area contributed by atoms with Crippen molar-refractivity contribution < 1.29 is 13.5 Å². The van der Waals surface area contributed by atoms with Crippen molar-refractivity contribution in [2.24, 2.45) is 0 Å². The Hall–Kier alpha value is -2.21. The van der Waals surface area contributed by atoms with Crippen molar-refractivity contribution in [2.45, 2.75) is 13.3 Å². The summed E-state index contributed by atoms with van der Waals surface area (Å²) in [7, 11) is -3.47. The number of rotatable bonds is 4. The van der Waals surface area contributed by atoms with Crippen LogP contribution in [0.4, 0.5) is 5.69 Å². The normalized spacial score (nSPS) is 12.0. The van der Waals surface area contributed by atoms with Crippen LogP contribution < -0.4 is 4.72 Å². The summed E-state index contributed by atoms with van der Waals surface area (Å²) >= 11 is 0. The Morgan fingerprint density at radius 2 is 1.90 bits per heavy atom. The van der Waals surface area contributed by atoms with E-state index in [-0.39, 0.29) is 17.2 Å². The van der Waals surface area contributed by atoms with E-state index in [4.69, 9.17) is 0 Å². The molecule has 6 heteroatoms. The summed E-state index contributed by atoms with van der Waals surface area (Å²) < 4.78 is 26.4. The van der Waals surface area contributed by atoms with Gasteiger partial charge in [-0.25, -0.2) is 8.42 Å². The molecule has 5 nitrogen and oxygen atoms in total. The number of H-pyrrole nitrogens is 1. The molecule has 0 atom stereocenters. The molecule has 0 bridgehead atoms. The van der Waals surface area contributed by atoms with Crippen LogP contribution in [0, 0.1) is 0 Å². The maximum absolute atomic E-state index is 12.0. The molecule has 1 aromatic heterocycles. The van der Waals surface area contributed by atoms with Crippen molar-refractivity contribution in [3.05, 3.63) is 36.4 Å². The monoisotopic (exact) mass is 304 g/mol. The Labute approximate surface area is 122 Å². The smallest absolute Gasteiger partial charge is 0.232 e. The maximum atomic E-state index is 12.0. The van der Waals surface area contributed by atoms with E-state index in [1.54, 1.807) is 13.0 Å². The van der Waals surface area contributed by atoms with Crippen molar-refractivity contribution in [1.29, 1.82) is 0 Å². The third-order valence-electron chi connectivity index (χ3n) is 3.39. The third-order valence-corrected chi connectivity index (χ3v) is 4.85. The van der Waals surface area contributed by atoms with E-state index in [9.17, 15) is 13.5 Å². The molecule has 3 aromatic rings. The fourth-order valence-corrected chi connectivity index (χ4v) is 3.64. The zero-order valence-electron chi connectivity index (χ0n) is 11.6. The maximum Gasteiger partial charge on any atom is 0.232 e. The predicted molar refractivity (Wildman–Crippen MR) is 85.2 cm³/mol. The molecule has 0 unspecified atom stereocenters.